The van der Waals surface area contributed by atoms with Gasteiger partial charge in [0.25, 0.3) is 0 Å². The molecule has 0 spiro atoms. The lowest BCUT2D eigenvalue weighted by Crippen LogP contribution is -2.12. The molecule has 0 saturated heterocycles. The van der Waals surface area contributed by atoms with Crippen LogP contribution in [0.3, 0.4) is 0 Å². The number of carbonyl (C=O) groups is 2. The minimum atomic E-state index is -0.484. The number of anilines is 1. The summed E-state index contributed by atoms with van der Waals surface area (Å²) >= 11 is 10.7. The molecule has 0 radical (unpaired) electrons. The third-order valence-corrected chi connectivity index (χ3v) is 2.30. The lowest BCUT2D eigenvalue weighted by atomic mass is 10.2. The summed E-state index contributed by atoms with van der Waals surface area (Å²) in [7, 11) is 0. The van der Waals surface area contributed by atoms with Crippen molar-refractivity contribution in [3.05, 3.63) is 29.8 Å². The van der Waals surface area contributed by atoms with Crippen LogP contribution in [0.5, 0.6) is 0 Å². The number of alkyl halides is 2. The molecule has 0 heterocycles. The Labute approximate surface area is 109 Å². The van der Waals surface area contributed by atoms with Crippen molar-refractivity contribution in [1.82, 2.24) is 0 Å². The number of halogens is 2. The second-order valence-electron chi connectivity index (χ2n) is 3.18. The minimum absolute atomic E-state index is 0.106. The van der Waals surface area contributed by atoms with E-state index in [1.54, 1.807) is 24.3 Å². The van der Waals surface area contributed by atoms with Crippen LogP contribution in [0.25, 0.3) is 0 Å². The van der Waals surface area contributed by atoms with Gasteiger partial charge in [-0.2, -0.15) is 0 Å². The number of esters is 1. The first-order chi connectivity index (χ1) is 8.15. The van der Waals surface area contributed by atoms with E-state index >= 15 is 0 Å². The molecule has 0 atom stereocenters. The standard InChI is InChI=1S/C11H11Cl2NO3/c12-5-10(15)14-9-3-1-2-8(4-9)7-17-11(16)6-13/h1-4H,5-7H2,(H,14,15). The highest BCUT2D eigenvalue weighted by Gasteiger charge is 2.03. The number of amides is 1. The quantitative estimate of drug-likeness (QED) is 0.662. The van der Waals surface area contributed by atoms with Crippen LogP contribution in [0.15, 0.2) is 24.3 Å². The fraction of sp³-hybridized carbons (Fsp3) is 0.273. The third kappa shape index (κ3) is 5.06. The molecular weight excluding hydrogens is 265 g/mol. The molecule has 0 fully saturated rings. The summed E-state index contributed by atoms with van der Waals surface area (Å²) < 4.78 is 4.85. The van der Waals surface area contributed by atoms with Gasteiger partial charge in [-0.25, -0.2) is 0 Å². The molecule has 0 bridgehead atoms. The van der Waals surface area contributed by atoms with Crippen LogP contribution in [0.1, 0.15) is 5.56 Å². The first kappa shape index (κ1) is 13.8. The van der Waals surface area contributed by atoms with Crippen molar-refractivity contribution in [1.29, 1.82) is 0 Å². The van der Waals surface area contributed by atoms with Crippen LogP contribution < -0.4 is 5.32 Å². The lowest BCUT2D eigenvalue weighted by Gasteiger charge is -2.06. The summed E-state index contributed by atoms with van der Waals surface area (Å²) in [6.07, 6.45) is 0. The molecule has 92 valence electrons. The molecule has 0 unspecified atom stereocenters. The van der Waals surface area contributed by atoms with E-state index in [0.717, 1.165) is 5.56 Å². The molecule has 6 heteroatoms. The van der Waals surface area contributed by atoms with Gasteiger partial charge < -0.3 is 10.1 Å². The van der Waals surface area contributed by atoms with Gasteiger partial charge in [0, 0.05) is 5.69 Å². The number of carbonyl (C=O) groups excluding carboxylic acids is 2. The van der Waals surface area contributed by atoms with E-state index in [1.807, 2.05) is 0 Å². The van der Waals surface area contributed by atoms with Gasteiger partial charge in [-0.1, -0.05) is 12.1 Å². The van der Waals surface area contributed by atoms with Gasteiger partial charge in [0.1, 0.15) is 18.4 Å². The molecule has 4 nitrogen and oxygen atoms in total. The Morgan fingerprint density at radius 3 is 2.65 bits per heavy atom. The summed E-state index contributed by atoms with van der Waals surface area (Å²) in [6, 6.07) is 6.94. The maximum Gasteiger partial charge on any atom is 0.321 e. The van der Waals surface area contributed by atoms with Crippen molar-refractivity contribution in [3.8, 4) is 0 Å². The molecule has 0 aliphatic rings. The maximum absolute atomic E-state index is 11.1. The van der Waals surface area contributed by atoms with Gasteiger partial charge in [0.05, 0.1) is 0 Å². The normalized spacial score (nSPS) is 9.76. The van der Waals surface area contributed by atoms with Gasteiger partial charge in [-0.3, -0.25) is 9.59 Å². The molecule has 0 aromatic heterocycles. The first-order valence-corrected chi connectivity index (χ1v) is 5.89. The molecule has 1 amide bonds. The average Bonchev–Trinajstić information content (AvgIpc) is 2.36. The molecule has 1 N–H and O–H groups in total. The van der Waals surface area contributed by atoms with Crippen molar-refractivity contribution in [3.63, 3.8) is 0 Å². The summed E-state index contributed by atoms with van der Waals surface area (Å²) in [4.78, 5) is 21.9. The zero-order valence-electron chi connectivity index (χ0n) is 8.91. The highest BCUT2D eigenvalue weighted by Crippen LogP contribution is 2.11. The zero-order chi connectivity index (χ0) is 12.7. The van der Waals surface area contributed by atoms with Gasteiger partial charge in [0.15, 0.2) is 0 Å². The summed E-state index contributed by atoms with van der Waals surface area (Å²) in [6.45, 7) is 0.121. The highest BCUT2D eigenvalue weighted by molar-refractivity contribution is 6.29. The predicted octanol–water partition coefficient (Wildman–Crippen LogP) is 2.15. The SMILES string of the molecule is O=C(CCl)Nc1cccc(COC(=O)CCl)c1. The Morgan fingerprint density at radius 1 is 1.24 bits per heavy atom. The Morgan fingerprint density at radius 2 is 2.00 bits per heavy atom. The molecule has 0 aliphatic carbocycles. The second kappa shape index (κ2) is 7.14. The number of benzene rings is 1. The lowest BCUT2D eigenvalue weighted by molar-refractivity contribution is -0.141. The maximum atomic E-state index is 11.1. The van der Waals surface area contributed by atoms with Gasteiger partial charge in [0.2, 0.25) is 5.91 Å². The first-order valence-electron chi connectivity index (χ1n) is 4.82. The smallest absolute Gasteiger partial charge is 0.321 e. The van der Waals surface area contributed by atoms with Crippen LogP contribution >= 0.6 is 23.2 Å². The van der Waals surface area contributed by atoms with Crippen molar-refractivity contribution in [2.24, 2.45) is 0 Å². The van der Waals surface area contributed by atoms with Gasteiger partial charge >= 0.3 is 5.97 Å². The third-order valence-electron chi connectivity index (χ3n) is 1.84. The molecule has 1 aromatic rings. The Kier molecular flexibility index (Phi) is 5.80. The number of rotatable bonds is 5. The van der Waals surface area contributed by atoms with E-state index in [4.69, 9.17) is 27.9 Å². The minimum Gasteiger partial charge on any atom is -0.460 e. The van der Waals surface area contributed by atoms with Crippen molar-refractivity contribution in [2.45, 2.75) is 6.61 Å². The van der Waals surface area contributed by atoms with Crippen LogP contribution in [0.2, 0.25) is 0 Å². The van der Waals surface area contributed by atoms with Crippen molar-refractivity contribution in [2.75, 3.05) is 17.1 Å². The molecule has 17 heavy (non-hydrogen) atoms. The summed E-state index contributed by atoms with van der Waals surface area (Å²) in [5.74, 6) is -1.06. The van der Waals surface area contributed by atoms with E-state index in [2.05, 4.69) is 5.32 Å². The predicted molar refractivity (Wildman–Crippen MR) is 66.3 cm³/mol. The average molecular weight is 276 g/mol. The Bertz CT molecular complexity index is 409. The monoisotopic (exact) mass is 275 g/mol. The highest BCUT2D eigenvalue weighted by atomic mass is 35.5. The zero-order valence-corrected chi connectivity index (χ0v) is 10.4. The Balaban J connectivity index is 2.59. The topological polar surface area (TPSA) is 55.4 Å². The largest absolute Gasteiger partial charge is 0.460 e. The van der Waals surface area contributed by atoms with Crippen LogP contribution in [0, 0.1) is 0 Å². The Hall–Kier alpha value is -1.26. The number of hydrogen-bond acceptors (Lipinski definition) is 3. The van der Waals surface area contributed by atoms with Gasteiger partial charge in [-0.05, 0) is 17.7 Å². The number of ether oxygens (including phenoxy) is 1. The number of nitrogens with one attached hydrogen (secondary N) is 1. The van der Waals surface area contributed by atoms with E-state index < -0.39 is 5.97 Å². The fourth-order valence-corrected chi connectivity index (χ4v) is 1.28. The van der Waals surface area contributed by atoms with Gasteiger partial charge in [-0.15, -0.1) is 23.2 Å². The van der Waals surface area contributed by atoms with Crippen LogP contribution in [-0.2, 0) is 20.9 Å². The van der Waals surface area contributed by atoms with Crippen molar-refractivity contribution >= 4 is 40.8 Å². The molecule has 0 aliphatic heterocycles. The molecule has 1 aromatic carbocycles. The van der Waals surface area contributed by atoms with Crippen LogP contribution in [-0.4, -0.2) is 23.6 Å². The van der Waals surface area contributed by atoms with E-state index in [0.29, 0.717) is 5.69 Å². The molecule has 0 saturated carbocycles. The molecular formula is C11H11Cl2NO3. The summed E-state index contributed by atoms with van der Waals surface area (Å²) in [5.41, 5.74) is 1.37. The molecule has 1 rings (SSSR count). The second-order valence-corrected chi connectivity index (χ2v) is 3.71. The fourth-order valence-electron chi connectivity index (χ4n) is 1.14. The van der Waals surface area contributed by atoms with E-state index in [-0.39, 0.29) is 24.3 Å². The van der Waals surface area contributed by atoms with E-state index in [1.165, 1.54) is 0 Å². The van der Waals surface area contributed by atoms with Crippen LogP contribution in [0.4, 0.5) is 5.69 Å². The summed E-state index contributed by atoms with van der Waals surface area (Å²) in [5, 5.41) is 2.60. The van der Waals surface area contributed by atoms with Crippen molar-refractivity contribution < 1.29 is 14.3 Å². The number of hydrogen-bond donors (Lipinski definition) is 1. The van der Waals surface area contributed by atoms with E-state index in [9.17, 15) is 9.59 Å².